The van der Waals surface area contributed by atoms with Crippen LogP contribution in [-0.2, 0) is 5.54 Å². The molecule has 0 N–H and O–H groups in total. The van der Waals surface area contributed by atoms with Gasteiger partial charge in [-0.05, 0) is 25.0 Å². The summed E-state index contributed by atoms with van der Waals surface area (Å²) in [5.74, 6) is 0.223. The lowest BCUT2D eigenvalue weighted by Gasteiger charge is -2.37. The molecule has 1 saturated carbocycles. The van der Waals surface area contributed by atoms with E-state index in [1.165, 1.54) is 6.42 Å². The molecule has 0 saturated heterocycles. The molecule has 0 amide bonds. The first-order valence-electron chi connectivity index (χ1n) is 8.34. The SMILES string of the molecule is O=C(c1ccccc1)C1(n2cnc3ccccc32)CCCCC1. The number of hydrogen-bond acceptors (Lipinski definition) is 2. The van der Waals surface area contributed by atoms with E-state index in [2.05, 4.69) is 15.6 Å². The van der Waals surface area contributed by atoms with Gasteiger partial charge in [-0.25, -0.2) is 4.98 Å². The van der Waals surface area contributed by atoms with Crippen LogP contribution in [0.25, 0.3) is 11.0 Å². The molecule has 1 aliphatic rings. The lowest BCUT2D eigenvalue weighted by Crippen LogP contribution is -2.43. The van der Waals surface area contributed by atoms with E-state index in [9.17, 15) is 4.79 Å². The maximum absolute atomic E-state index is 13.4. The second-order valence-corrected chi connectivity index (χ2v) is 6.39. The van der Waals surface area contributed by atoms with E-state index < -0.39 is 5.54 Å². The number of aromatic nitrogens is 2. The standard InChI is InChI=1S/C20H20N2O/c23-19(16-9-3-1-4-10-16)20(13-7-2-8-14-20)22-15-21-17-11-5-6-12-18(17)22/h1,3-6,9-12,15H,2,7-8,13-14H2. The van der Waals surface area contributed by atoms with Crippen molar-refractivity contribution in [2.45, 2.75) is 37.6 Å². The van der Waals surface area contributed by atoms with Crippen LogP contribution in [0.2, 0.25) is 0 Å². The lowest BCUT2D eigenvalue weighted by molar-refractivity contribution is 0.0738. The molecule has 0 atom stereocenters. The van der Waals surface area contributed by atoms with Crippen molar-refractivity contribution < 1.29 is 4.79 Å². The molecule has 4 rings (SSSR count). The number of fused-ring (bicyclic) bond motifs is 1. The normalized spacial score (nSPS) is 17.2. The van der Waals surface area contributed by atoms with Gasteiger partial charge in [-0.2, -0.15) is 0 Å². The quantitative estimate of drug-likeness (QED) is 0.664. The van der Waals surface area contributed by atoms with Crippen LogP contribution in [0.4, 0.5) is 0 Å². The fraction of sp³-hybridized carbons (Fsp3) is 0.300. The number of rotatable bonds is 3. The zero-order valence-corrected chi connectivity index (χ0v) is 13.1. The Bertz CT molecular complexity index is 829. The number of nitrogens with zero attached hydrogens (tertiary/aromatic N) is 2. The van der Waals surface area contributed by atoms with Crippen molar-refractivity contribution in [3.05, 3.63) is 66.5 Å². The number of benzene rings is 2. The van der Waals surface area contributed by atoms with Gasteiger partial charge in [0, 0.05) is 5.56 Å². The minimum absolute atomic E-state index is 0.223. The number of carbonyl (C=O) groups is 1. The number of ketones is 1. The van der Waals surface area contributed by atoms with Crippen molar-refractivity contribution in [3.63, 3.8) is 0 Å². The molecule has 1 heterocycles. The predicted molar refractivity (Wildman–Crippen MR) is 91.6 cm³/mol. The highest BCUT2D eigenvalue weighted by Gasteiger charge is 2.42. The van der Waals surface area contributed by atoms with E-state index in [0.717, 1.165) is 42.3 Å². The Kier molecular flexibility index (Phi) is 3.49. The van der Waals surface area contributed by atoms with Gasteiger partial charge < -0.3 is 4.57 Å². The van der Waals surface area contributed by atoms with Crippen LogP contribution in [-0.4, -0.2) is 15.3 Å². The Morgan fingerprint density at radius 1 is 0.913 bits per heavy atom. The molecule has 23 heavy (non-hydrogen) atoms. The fourth-order valence-electron chi connectivity index (χ4n) is 3.87. The average Bonchev–Trinajstić information content (AvgIpc) is 3.07. The van der Waals surface area contributed by atoms with Crippen LogP contribution in [0.1, 0.15) is 42.5 Å². The summed E-state index contributed by atoms with van der Waals surface area (Å²) in [7, 11) is 0. The molecule has 0 unspecified atom stereocenters. The lowest BCUT2D eigenvalue weighted by atomic mass is 9.76. The van der Waals surface area contributed by atoms with E-state index in [-0.39, 0.29) is 5.78 Å². The molecule has 0 bridgehead atoms. The first-order chi connectivity index (χ1) is 11.3. The van der Waals surface area contributed by atoms with Crippen LogP contribution in [0.3, 0.4) is 0 Å². The Morgan fingerprint density at radius 3 is 2.39 bits per heavy atom. The maximum atomic E-state index is 13.4. The van der Waals surface area contributed by atoms with Gasteiger partial charge in [-0.15, -0.1) is 0 Å². The molecule has 3 nitrogen and oxygen atoms in total. The minimum Gasteiger partial charge on any atom is -0.317 e. The number of hydrogen-bond donors (Lipinski definition) is 0. The summed E-state index contributed by atoms with van der Waals surface area (Å²) in [6, 6.07) is 17.8. The summed E-state index contributed by atoms with van der Waals surface area (Å²) in [5, 5.41) is 0. The summed E-state index contributed by atoms with van der Waals surface area (Å²) >= 11 is 0. The molecule has 2 aromatic carbocycles. The van der Waals surface area contributed by atoms with Gasteiger partial charge in [0.1, 0.15) is 5.54 Å². The molecule has 1 aliphatic carbocycles. The van der Waals surface area contributed by atoms with Crippen molar-refractivity contribution in [2.24, 2.45) is 0 Å². The molecule has 0 radical (unpaired) electrons. The molecule has 3 heteroatoms. The van der Waals surface area contributed by atoms with Crippen molar-refractivity contribution in [1.29, 1.82) is 0 Å². The molecule has 1 fully saturated rings. The summed E-state index contributed by atoms with van der Waals surface area (Å²) < 4.78 is 2.14. The smallest absolute Gasteiger partial charge is 0.188 e. The van der Waals surface area contributed by atoms with Crippen LogP contribution < -0.4 is 0 Å². The van der Waals surface area contributed by atoms with E-state index in [1.807, 2.05) is 54.9 Å². The summed E-state index contributed by atoms with van der Waals surface area (Å²) in [6.45, 7) is 0. The highest BCUT2D eigenvalue weighted by Crippen LogP contribution is 2.39. The Labute approximate surface area is 136 Å². The Balaban J connectivity index is 1.88. The number of para-hydroxylation sites is 2. The third kappa shape index (κ3) is 2.27. The average molecular weight is 304 g/mol. The van der Waals surface area contributed by atoms with Crippen molar-refractivity contribution in [1.82, 2.24) is 9.55 Å². The first kappa shape index (κ1) is 14.2. The van der Waals surface area contributed by atoms with Gasteiger partial charge in [0.2, 0.25) is 0 Å². The molecule has 3 aromatic rings. The van der Waals surface area contributed by atoms with Gasteiger partial charge in [0.05, 0.1) is 17.4 Å². The van der Waals surface area contributed by atoms with E-state index in [1.54, 1.807) is 0 Å². The maximum Gasteiger partial charge on any atom is 0.188 e. The Morgan fingerprint density at radius 2 is 1.61 bits per heavy atom. The first-order valence-corrected chi connectivity index (χ1v) is 8.34. The molecule has 116 valence electrons. The third-order valence-corrected chi connectivity index (χ3v) is 5.05. The number of carbonyl (C=O) groups excluding carboxylic acids is 1. The Hall–Kier alpha value is -2.42. The topological polar surface area (TPSA) is 34.9 Å². The highest BCUT2D eigenvalue weighted by atomic mass is 16.1. The van der Waals surface area contributed by atoms with Crippen molar-refractivity contribution >= 4 is 16.8 Å². The van der Waals surface area contributed by atoms with Gasteiger partial charge in [-0.1, -0.05) is 61.7 Å². The van der Waals surface area contributed by atoms with Gasteiger partial charge >= 0.3 is 0 Å². The zero-order chi connectivity index (χ0) is 15.7. The van der Waals surface area contributed by atoms with Crippen LogP contribution in [0.5, 0.6) is 0 Å². The second kappa shape index (κ2) is 5.65. The largest absolute Gasteiger partial charge is 0.317 e. The van der Waals surface area contributed by atoms with E-state index in [0.29, 0.717) is 0 Å². The molecular formula is C20H20N2O. The fourth-order valence-corrected chi connectivity index (χ4v) is 3.87. The molecular weight excluding hydrogens is 284 g/mol. The number of Topliss-reactive ketones (excluding diaryl/α,β-unsaturated/α-hetero) is 1. The van der Waals surface area contributed by atoms with Gasteiger partial charge in [-0.3, -0.25) is 4.79 Å². The monoisotopic (exact) mass is 304 g/mol. The predicted octanol–water partition coefficient (Wildman–Crippen LogP) is 4.58. The van der Waals surface area contributed by atoms with Crippen LogP contribution in [0.15, 0.2) is 60.9 Å². The van der Waals surface area contributed by atoms with E-state index >= 15 is 0 Å². The highest BCUT2D eigenvalue weighted by molar-refractivity contribution is 6.02. The van der Waals surface area contributed by atoms with Crippen LogP contribution in [0, 0.1) is 0 Å². The summed E-state index contributed by atoms with van der Waals surface area (Å²) in [4.78, 5) is 17.9. The molecule has 1 aromatic heterocycles. The van der Waals surface area contributed by atoms with Crippen molar-refractivity contribution in [2.75, 3.05) is 0 Å². The minimum atomic E-state index is -0.490. The number of imidazole rings is 1. The molecule has 0 spiro atoms. The van der Waals surface area contributed by atoms with Crippen molar-refractivity contribution in [3.8, 4) is 0 Å². The molecule has 0 aliphatic heterocycles. The zero-order valence-electron chi connectivity index (χ0n) is 13.1. The summed E-state index contributed by atoms with van der Waals surface area (Å²) in [5.41, 5.74) is 2.32. The second-order valence-electron chi connectivity index (χ2n) is 6.39. The van der Waals surface area contributed by atoms with Crippen LogP contribution >= 0.6 is 0 Å². The van der Waals surface area contributed by atoms with E-state index in [4.69, 9.17) is 0 Å². The van der Waals surface area contributed by atoms with Gasteiger partial charge in [0.25, 0.3) is 0 Å². The van der Waals surface area contributed by atoms with Gasteiger partial charge in [0.15, 0.2) is 5.78 Å². The third-order valence-electron chi connectivity index (χ3n) is 5.05. The summed E-state index contributed by atoms with van der Waals surface area (Å²) in [6.07, 6.45) is 7.02.